The second-order valence-electron chi connectivity index (χ2n) is 10.6. The normalized spacial score (nSPS) is 23.7. The number of hydrogen-bond acceptors (Lipinski definition) is 7. The summed E-state index contributed by atoms with van der Waals surface area (Å²) in [6.07, 6.45) is 6.46. The molecule has 4 heterocycles. The zero-order valence-electron chi connectivity index (χ0n) is 22.4. The Bertz CT molecular complexity index is 1270. The Morgan fingerprint density at radius 2 is 1.95 bits per heavy atom. The highest BCUT2D eigenvalue weighted by Gasteiger charge is 2.47. The third kappa shape index (κ3) is 5.43. The first-order valence-corrected chi connectivity index (χ1v) is 14.9. The fourth-order valence-electron chi connectivity index (χ4n) is 5.76. The maximum atomic E-state index is 13.2. The van der Waals surface area contributed by atoms with E-state index in [4.69, 9.17) is 25.8 Å². The maximum Gasteiger partial charge on any atom is 0.254 e. The summed E-state index contributed by atoms with van der Waals surface area (Å²) < 4.78 is 18.6. The Morgan fingerprint density at radius 3 is 2.63 bits per heavy atom. The zero-order valence-corrected chi connectivity index (χ0v) is 24.0. The van der Waals surface area contributed by atoms with Gasteiger partial charge in [0.2, 0.25) is 0 Å². The van der Waals surface area contributed by atoms with Gasteiger partial charge in [0.15, 0.2) is 11.5 Å². The van der Waals surface area contributed by atoms with Gasteiger partial charge in [-0.2, -0.15) is 0 Å². The van der Waals surface area contributed by atoms with Gasteiger partial charge in [0.05, 0.1) is 11.1 Å². The summed E-state index contributed by atoms with van der Waals surface area (Å²) in [6, 6.07) is 3.53. The summed E-state index contributed by atoms with van der Waals surface area (Å²) in [5.41, 5.74) is 2.18. The fourth-order valence-corrected chi connectivity index (χ4v) is 6.70. The van der Waals surface area contributed by atoms with Crippen molar-refractivity contribution in [3.63, 3.8) is 0 Å². The van der Waals surface area contributed by atoms with Gasteiger partial charge in [-0.25, -0.2) is 0 Å². The lowest BCUT2D eigenvalue weighted by Crippen LogP contribution is -2.49. The summed E-state index contributed by atoms with van der Waals surface area (Å²) >= 11 is 8.09. The number of rotatable bonds is 7. The molecule has 2 atom stereocenters. The lowest BCUT2D eigenvalue weighted by molar-refractivity contribution is -0.126. The number of H-pyrrole nitrogens is 1. The number of piperidine rings is 1. The molecule has 10 heteroatoms. The zero-order chi connectivity index (χ0) is 27.0. The molecular weight excluding hydrogens is 526 g/mol. The van der Waals surface area contributed by atoms with Crippen molar-refractivity contribution >= 4 is 29.3 Å². The number of halogens is 1. The van der Waals surface area contributed by atoms with Crippen LogP contribution in [0.5, 0.6) is 11.5 Å². The van der Waals surface area contributed by atoms with Crippen molar-refractivity contribution in [1.82, 2.24) is 15.2 Å². The molecule has 38 heavy (non-hydrogen) atoms. The minimum absolute atomic E-state index is 0.109. The number of ether oxygens (including phenoxy) is 3. The number of nitrogens with zero attached hydrogens (tertiary/aromatic N) is 1. The minimum Gasteiger partial charge on any atom is -0.448 e. The molecular formula is C28H36ClN3O5S. The number of aryl methyl sites for hydroxylation is 1. The van der Waals surface area contributed by atoms with Crippen LogP contribution in [0.2, 0.25) is 5.02 Å². The highest BCUT2D eigenvalue weighted by molar-refractivity contribution is 7.98. The van der Waals surface area contributed by atoms with Crippen molar-refractivity contribution in [1.29, 1.82) is 0 Å². The van der Waals surface area contributed by atoms with Crippen LogP contribution in [0.4, 0.5) is 0 Å². The number of nitrogens with one attached hydrogen (secondary N) is 2. The van der Waals surface area contributed by atoms with Crippen LogP contribution in [-0.4, -0.2) is 60.2 Å². The van der Waals surface area contributed by atoms with Crippen molar-refractivity contribution in [2.24, 2.45) is 5.92 Å². The van der Waals surface area contributed by atoms with E-state index in [1.54, 1.807) is 6.07 Å². The quantitative estimate of drug-likeness (QED) is 0.474. The number of carbonyl (C=O) groups excluding carboxylic acids is 1. The van der Waals surface area contributed by atoms with Crippen molar-refractivity contribution in [3.8, 4) is 11.5 Å². The Labute approximate surface area is 232 Å². The lowest BCUT2D eigenvalue weighted by Gasteiger charge is -2.39. The molecule has 2 fully saturated rings. The number of likely N-dealkylation sites (tertiary alicyclic amines) is 1. The molecule has 2 aromatic rings. The second-order valence-corrected chi connectivity index (χ2v) is 11.9. The van der Waals surface area contributed by atoms with Gasteiger partial charge in [-0.05, 0) is 71.0 Å². The molecule has 2 N–H and O–H groups in total. The average molecular weight is 562 g/mol. The van der Waals surface area contributed by atoms with Gasteiger partial charge < -0.3 is 29.4 Å². The molecule has 0 bridgehead atoms. The average Bonchev–Trinajstić information content (AvgIpc) is 3.54. The van der Waals surface area contributed by atoms with Crippen molar-refractivity contribution in [2.75, 3.05) is 32.5 Å². The van der Waals surface area contributed by atoms with E-state index in [9.17, 15) is 9.59 Å². The molecule has 206 valence electrons. The van der Waals surface area contributed by atoms with Gasteiger partial charge in [0.1, 0.15) is 0 Å². The van der Waals surface area contributed by atoms with Crippen molar-refractivity contribution in [3.05, 3.63) is 49.9 Å². The van der Waals surface area contributed by atoms with Crippen LogP contribution in [0.3, 0.4) is 0 Å². The summed E-state index contributed by atoms with van der Waals surface area (Å²) in [6.45, 7) is 9.57. The van der Waals surface area contributed by atoms with Gasteiger partial charge in [-0.1, -0.05) is 11.6 Å². The number of carbonyl (C=O) groups is 1. The predicted molar refractivity (Wildman–Crippen MR) is 149 cm³/mol. The first kappa shape index (κ1) is 27.4. The van der Waals surface area contributed by atoms with E-state index in [2.05, 4.69) is 15.2 Å². The number of amides is 1. The van der Waals surface area contributed by atoms with Gasteiger partial charge in [-0.3, -0.25) is 9.59 Å². The molecule has 0 aliphatic carbocycles. The van der Waals surface area contributed by atoms with E-state index in [-0.39, 0.29) is 23.9 Å². The molecule has 0 unspecified atom stereocenters. The number of pyridine rings is 1. The molecule has 0 spiro atoms. The Kier molecular flexibility index (Phi) is 8.01. The van der Waals surface area contributed by atoms with Crippen LogP contribution >= 0.6 is 23.4 Å². The molecule has 1 aromatic heterocycles. The topological polar surface area (TPSA) is 92.9 Å². The number of hydrogen-bond donors (Lipinski definition) is 2. The van der Waals surface area contributed by atoms with E-state index in [1.807, 2.05) is 33.1 Å². The number of aromatic nitrogens is 1. The molecule has 0 radical (unpaired) electrons. The van der Waals surface area contributed by atoms with Crippen LogP contribution in [0.1, 0.15) is 59.8 Å². The number of fused-ring (bicyclic) bond motifs is 1. The second kappa shape index (κ2) is 11.1. The minimum atomic E-state index is -0.843. The third-order valence-electron chi connectivity index (χ3n) is 7.98. The molecule has 5 rings (SSSR count). The molecule has 3 aliphatic rings. The molecule has 8 nitrogen and oxygen atoms in total. The SMILES string of the molecule is CSc1cc(C)[nH]c(=O)c1CNC(=O)c1cc(Cl)c2c(c1C)O[C@](C)(C1CCN(C[C@@H]3CCCO3)CC1)O2. The molecule has 1 amide bonds. The van der Waals surface area contributed by atoms with Gasteiger partial charge in [0.25, 0.3) is 17.3 Å². The molecule has 3 aliphatic heterocycles. The van der Waals surface area contributed by atoms with Crippen LogP contribution in [0.25, 0.3) is 0 Å². The summed E-state index contributed by atoms with van der Waals surface area (Å²) in [4.78, 5) is 31.8. The fraction of sp³-hybridized carbons (Fsp3) is 0.571. The first-order chi connectivity index (χ1) is 18.2. The van der Waals surface area contributed by atoms with Crippen LogP contribution in [0, 0.1) is 19.8 Å². The smallest absolute Gasteiger partial charge is 0.254 e. The van der Waals surface area contributed by atoms with E-state index < -0.39 is 5.79 Å². The van der Waals surface area contributed by atoms with Crippen molar-refractivity contribution < 1.29 is 19.0 Å². The van der Waals surface area contributed by atoms with Crippen LogP contribution < -0.4 is 20.3 Å². The summed E-state index contributed by atoms with van der Waals surface area (Å²) in [7, 11) is 0. The van der Waals surface area contributed by atoms with Gasteiger partial charge >= 0.3 is 0 Å². The number of thioether (sulfide) groups is 1. The van der Waals surface area contributed by atoms with E-state index >= 15 is 0 Å². The van der Waals surface area contributed by atoms with E-state index in [0.717, 1.165) is 62.5 Å². The Morgan fingerprint density at radius 1 is 1.21 bits per heavy atom. The van der Waals surface area contributed by atoms with Crippen LogP contribution in [-0.2, 0) is 11.3 Å². The van der Waals surface area contributed by atoms with E-state index in [0.29, 0.717) is 39.3 Å². The number of benzene rings is 1. The lowest BCUT2D eigenvalue weighted by atomic mass is 9.89. The number of aromatic amines is 1. The van der Waals surface area contributed by atoms with Gasteiger partial charge in [0, 0.05) is 59.8 Å². The van der Waals surface area contributed by atoms with Crippen LogP contribution in [0.15, 0.2) is 21.8 Å². The largest absolute Gasteiger partial charge is 0.448 e. The maximum absolute atomic E-state index is 13.2. The standard InChI is InChI=1S/C28H36ClN3O5S/c1-16-12-23(38-4)21(27(34)31-16)14-30-26(33)20-13-22(29)25-24(17(20)2)36-28(3,37-25)18-7-9-32(10-8-18)15-19-6-5-11-35-19/h12-13,18-19H,5-11,14-15H2,1-4H3,(H,30,33)(H,31,34)/t19-,28-/m0/s1. The Balaban J connectivity index is 1.27. The summed E-state index contributed by atoms with van der Waals surface area (Å²) in [5.74, 6) is 0.0413. The van der Waals surface area contributed by atoms with E-state index in [1.165, 1.54) is 11.8 Å². The third-order valence-corrected chi connectivity index (χ3v) is 9.07. The predicted octanol–water partition coefficient (Wildman–Crippen LogP) is 4.68. The first-order valence-electron chi connectivity index (χ1n) is 13.3. The highest BCUT2D eigenvalue weighted by Crippen LogP contribution is 2.51. The van der Waals surface area contributed by atoms with Gasteiger partial charge in [-0.15, -0.1) is 11.8 Å². The molecule has 2 saturated heterocycles. The van der Waals surface area contributed by atoms with Crippen molar-refractivity contribution in [2.45, 2.75) is 69.8 Å². The molecule has 1 aromatic carbocycles. The Hall–Kier alpha value is -2.20. The highest BCUT2D eigenvalue weighted by atomic mass is 35.5. The molecule has 0 saturated carbocycles. The summed E-state index contributed by atoms with van der Waals surface area (Å²) in [5, 5.41) is 3.23. The monoisotopic (exact) mass is 561 g/mol.